The van der Waals surface area contributed by atoms with E-state index in [0.29, 0.717) is 29.3 Å². The van der Waals surface area contributed by atoms with Crippen LogP contribution in [0.15, 0.2) is 12.1 Å². The smallest absolute Gasteiger partial charge is 0.253 e. The summed E-state index contributed by atoms with van der Waals surface area (Å²) >= 11 is 0. The molecule has 0 saturated heterocycles. The molecule has 116 valence electrons. The number of amides is 1. The van der Waals surface area contributed by atoms with Crippen LogP contribution >= 0.6 is 0 Å². The number of carbonyl (C=O) groups excluding carboxylic acids is 1. The molecule has 21 heavy (non-hydrogen) atoms. The Labute approximate surface area is 125 Å². The van der Waals surface area contributed by atoms with E-state index in [1.54, 1.807) is 19.2 Å². The summed E-state index contributed by atoms with van der Waals surface area (Å²) in [5, 5.41) is 3.01. The van der Waals surface area contributed by atoms with E-state index >= 15 is 0 Å². The van der Waals surface area contributed by atoms with Gasteiger partial charge < -0.3 is 20.5 Å². The molecule has 0 spiro atoms. The van der Waals surface area contributed by atoms with Crippen molar-refractivity contribution in [2.24, 2.45) is 5.41 Å². The molecule has 3 N–H and O–H groups in total. The minimum atomic E-state index is -0.159. The Bertz CT molecular complexity index is 519. The van der Waals surface area contributed by atoms with Gasteiger partial charge in [0.15, 0.2) is 11.5 Å². The Morgan fingerprint density at radius 3 is 2.38 bits per heavy atom. The molecule has 1 aliphatic carbocycles. The van der Waals surface area contributed by atoms with Crippen molar-refractivity contribution in [3.63, 3.8) is 0 Å². The molecule has 0 bridgehead atoms. The molecular weight excluding hydrogens is 268 g/mol. The number of ether oxygens (including phenoxy) is 2. The molecule has 1 saturated carbocycles. The molecule has 0 heterocycles. The molecular formula is C16H24N2O3. The molecule has 1 fully saturated rings. The molecule has 0 aromatic heterocycles. The van der Waals surface area contributed by atoms with Gasteiger partial charge >= 0.3 is 0 Å². The van der Waals surface area contributed by atoms with Gasteiger partial charge in [-0.3, -0.25) is 4.79 Å². The van der Waals surface area contributed by atoms with Gasteiger partial charge in [-0.05, 0) is 30.7 Å². The number of hydrogen-bond acceptors (Lipinski definition) is 4. The highest BCUT2D eigenvalue weighted by Crippen LogP contribution is 2.43. The van der Waals surface area contributed by atoms with Gasteiger partial charge in [0.1, 0.15) is 0 Å². The van der Waals surface area contributed by atoms with Gasteiger partial charge in [-0.1, -0.05) is 13.3 Å². The van der Waals surface area contributed by atoms with Crippen molar-refractivity contribution in [2.45, 2.75) is 32.6 Å². The predicted octanol–water partition coefficient (Wildman–Crippen LogP) is 2.60. The first-order valence-corrected chi connectivity index (χ1v) is 7.35. The average Bonchev–Trinajstić information content (AvgIpc) is 2.45. The number of methoxy groups -OCH3 is 2. The van der Waals surface area contributed by atoms with Gasteiger partial charge in [-0.2, -0.15) is 0 Å². The summed E-state index contributed by atoms with van der Waals surface area (Å²) in [4.78, 5) is 12.3. The summed E-state index contributed by atoms with van der Waals surface area (Å²) in [6, 6.07) is 3.25. The molecule has 0 radical (unpaired) electrons. The number of nitrogens with one attached hydrogen (secondary N) is 1. The van der Waals surface area contributed by atoms with Crippen LogP contribution in [0.25, 0.3) is 0 Å². The molecule has 5 nitrogen and oxygen atoms in total. The van der Waals surface area contributed by atoms with Crippen LogP contribution in [0.4, 0.5) is 5.69 Å². The number of nitrogens with two attached hydrogens (primary N) is 1. The largest absolute Gasteiger partial charge is 0.493 e. The molecule has 2 rings (SSSR count). The summed E-state index contributed by atoms with van der Waals surface area (Å²) in [6.45, 7) is 2.88. The predicted molar refractivity (Wildman–Crippen MR) is 82.9 cm³/mol. The first kappa shape index (κ1) is 15.5. The number of hydrogen-bond donors (Lipinski definition) is 2. The lowest BCUT2D eigenvalue weighted by atomic mass is 9.67. The Hall–Kier alpha value is -1.91. The van der Waals surface area contributed by atoms with Crippen molar-refractivity contribution < 1.29 is 14.3 Å². The third-order valence-electron chi connectivity index (χ3n) is 4.59. The van der Waals surface area contributed by atoms with E-state index in [4.69, 9.17) is 15.2 Å². The number of nitrogen functional groups attached to an aromatic ring is 1. The Morgan fingerprint density at radius 1 is 1.29 bits per heavy atom. The van der Waals surface area contributed by atoms with E-state index in [1.807, 2.05) is 0 Å². The van der Waals surface area contributed by atoms with Crippen molar-refractivity contribution in [1.29, 1.82) is 0 Å². The van der Waals surface area contributed by atoms with E-state index in [2.05, 4.69) is 12.2 Å². The maximum atomic E-state index is 12.3. The molecule has 1 amide bonds. The first-order chi connectivity index (χ1) is 10.0. The Balaban J connectivity index is 2.11. The average molecular weight is 292 g/mol. The van der Waals surface area contributed by atoms with E-state index in [1.165, 1.54) is 26.4 Å². The van der Waals surface area contributed by atoms with Crippen LogP contribution < -0.4 is 20.5 Å². The van der Waals surface area contributed by atoms with Crippen LogP contribution in [-0.2, 0) is 0 Å². The summed E-state index contributed by atoms with van der Waals surface area (Å²) < 4.78 is 10.4. The first-order valence-electron chi connectivity index (χ1n) is 7.35. The van der Waals surface area contributed by atoms with Gasteiger partial charge in [-0.25, -0.2) is 0 Å². The lowest BCUT2D eigenvalue weighted by Crippen LogP contribution is -2.41. The SMILES string of the molecule is CCC1(CNC(=O)c2cc(OC)c(OC)cc2N)CCC1. The zero-order valence-corrected chi connectivity index (χ0v) is 13.0. The number of rotatable bonds is 6. The van der Waals surface area contributed by atoms with Gasteiger partial charge in [0.05, 0.1) is 19.8 Å². The molecule has 0 unspecified atom stereocenters. The van der Waals surface area contributed by atoms with Crippen LogP contribution in [0.3, 0.4) is 0 Å². The van der Waals surface area contributed by atoms with E-state index < -0.39 is 0 Å². The summed E-state index contributed by atoms with van der Waals surface area (Å²) in [5.74, 6) is 0.870. The van der Waals surface area contributed by atoms with Crippen molar-refractivity contribution in [3.05, 3.63) is 17.7 Å². The molecule has 1 aliphatic rings. The molecule has 1 aromatic carbocycles. The minimum absolute atomic E-state index is 0.159. The Kier molecular flexibility index (Phi) is 4.60. The van der Waals surface area contributed by atoms with Crippen LogP contribution in [0.1, 0.15) is 43.0 Å². The Morgan fingerprint density at radius 2 is 1.90 bits per heavy atom. The van der Waals surface area contributed by atoms with Crippen molar-refractivity contribution in [2.75, 3.05) is 26.5 Å². The van der Waals surface area contributed by atoms with Gasteiger partial charge in [0.2, 0.25) is 0 Å². The van der Waals surface area contributed by atoms with E-state index in [9.17, 15) is 4.79 Å². The van der Waals surface area contributed by atoms with Gasteiger partial charge in [0.25, 0.3) is 5.91 Å². The standard InChI is InChI=1S/C16H24N2O3/c1-4-16(6-5-7-16)10-18-15(19)11-8-13(20-2)14(21-3)9-12(11)17/h8-9H,4-7,10,17H2,1-3H3,(H,18,19). The molecule has 0 atom stereocenters. The second-order valence-electron chi connectivity index (χ2n) is 5.68. The summed E-state index contributed by atoms with van der Waals surface area (Å²) in [7, 11) is 3.08. The fourth-order valence-electron chi connectivity index (χ4n) is 2.79. The topological polar surface area (TPSA) is 73.6 Å². The van der Waals surface area contributed by atoms with E-state index in [-0.39, 0.29) is 11.3 Å². The summed E-state index contributed by atoms with van der Waals surface area (Å²) in [6.07, 6.45) is 4.72. The molecule has 5 heteroatoms. The van der Waals surface area contributed by atoms with Crippen molar-refractivity contribution >= 4 is 11.6 Å². The number of benzene rings is 1. The van der Waals surface area contributed by atoms with E-state index in [0.717, 1.165) is 6.42 Å². The zero-order valence-electron chi connectivity index (χ0n) is 13.0. The third-order valence-corrected chi connectivity index (χ3v) is 4.59. The molecule has 0 aliphatic heterocycles. The van der Waals surface area contributed by atoms with Crippen LogP contribution in [0.2, 0.25) is 0 Å². The monoisotopic (exact) mass is 292 g/mol. The van der Waals surface area contributed by atoms with Crippen molar-refractivity contribution in [3.8, 4) is 11.5 Å². The number of carbonyl (C=O) groups is 1. The fraction of sp³-hybridized carbons (Fsp3) is 0.562. The normalized spacial score (nSPS) is 16.0. The van der Waals surface area contributed by atoms with Crippen LogP contribution in [0.5, 0.6) is 11.5 Å². The third kappa shape index (κ3) is 3.06. The number of anilines is 1. The lowest BCUT2D eigenvalue weighted by molar-refractivity contribution is 0.0850. The highest BCUT2D eigenvalue weighted by molar-refractivity contribution is 6.00. The quantitative estimate of drug-likeness (QED) is 0.790. The second kappa shape index (κ2) is 6.24. The maximum absolute atomic E-state index is 12.3. The second-order valence-corrected chi connectivity index (χ2v) is 5.68. The zero-order chi connectivity index (χ0) is 15.5. The highest BCUT2D eigenvalue weighted by atomic mass is 16.5. The summed E-state index contributed by atoms with van der Waals surface area (Å²) in [5.41, 5.74) is 7.04. The fourth-order valence-corrected chi connectivity index (χ4v) is 2.79. The maximum Gasteiger partial charge on any atom is 0.253 e. The highest BCUT2D eigenvalue weighted by Gasteiger charge is 2.35. The van der Waals surface area contributed by atoms with Crippen molar-refractivity contribution in [1.82, 2.24) is 5.32 Å². The van der Waals surface area contributed by atoms with Gasteiger partial charge in [-0.15, -0.1) is 0 Å². The minimum Gasteiger partial charge on any atom is -0.493 e. The van der Waals surface area contributed by atoms with Crippen LogP contribution in [-0.4, -0.2) is 26.7 Å². The van der Waals surface area contributed by atoms with Crippen LogP contribution in [0, 0.1) is 5.41 Å². The molecule has 1 aromatic rings. The van der Waals surface area contributed by atoms with Gasteiger partial charge in [0, 0.05) is 18.3 Å². The lowest BCUT2D eigenvalue weighted by Gasteiger charge is -2.41.